The van der Waals surface area contributed by atoms with Crippen molar-refractivity contribution in [1.29, 1.82) is 0 Å². The Labute approximate surface area is 197 Å². The third-order valence-corrected chi connectivity index (χ3v) is 6.56. The molecule has 0 amide bonds. The van der Waals surface area contributed by atoms with E-state index in [-0.39, 0.29) is 12.2 Å². The van der Waals surface area contributed by atoms with Crippen LogP contribution in [0, 0.1) is 0 Å². The van der Waals surface area contributed by atoms with Gasteiger partial charge in [0.05, 0.1) is 6.61 Å². The fourth-order valence-corrected chi connectivity index (χ4v) is 4.77. The molecule has 33 heavy (non-hydrogen) atoms. The average Bonchev–Trinajstić information content (AvgIpc) is 3.34. The number of benzene rings is 3. The van der Waals surface area contributed by atoms with Crippen LogP contribution in [0.4, 0.5) is 0 Å². The summed E-state index contributed by atoms with van der Waals surface area (Å²) in [5, 5.41) is 0. The van der Waals surface area contributed by atoms with Crippen molar-refractivity contribution in [3.8, 4) is 5.75 Å². The molecule has 0 bridgehead atoms. The molecule has 2 unspecified atom stereocenters. The minimum Gasteiger partial charge on any atom is -0.494 e. The largest absolute Gasteiger partial charge is 0.494 e. The second-order valence-electron chi connectivity index (χ2n) is 8.94. The second kappa shape index (κ2) is 11.0. The SMILES string of the molecule is c1ccc(C2OC(c3ccc(OCCCN4CCCCC4)cc3)OC2c2ccccc2)cc1. The zero-order valence-corrected chi connectivity index (χ0v) is 19.1. The van der Waals surface area contributed by atoms with Gasteiger partial charge < -0.3 is 19.1 Å². The first-order valence-corrected chi connectivity index (χ1v) is 12.2. The third kappa shape index (κ3) is 5.64. The summed E-state index contributed by atoms with van der Waals surface area (Å²) in [5.74, 6) is 0.898. The van der Waals surface area contributed by atoms with Crippen molar-refractivity contribution in [2.45, 2.75) is 44.2 Å². The molecule has 4 nitrogen and oxygen atoms in total. The summed E-state index contributed by atoms with van der Waals surface area (Å²) in [6, 6.07) is 28.8. The fraction of sp³-hybridized carbons (Fsp3) is 0.379. The van der Waals surface area contributed by atoms with Crippen LogP contribution in [-0.2, 0) is 9.47 Å². The maximum Gasteiger partial charge on any atom is 0.185 e. The summed E-state index contributed by atoms with van der Waals surface area (Å²) < 4.78 is 18.9. The van der Waals surface area contributed by atoms with E-state index < -0.39 is 6.29 Å². The van der Waals surface area contributed by atoms with Crippen molar-refractivity contribution >= 4 is 0 Å². The number of nitrogens with zero attached hydrogens (tertiary/aromatic N) is 1. The zero-order chi connectivity index (χ0) is 22.3. The number of likely N-dealkylation sites (tertiary alicyclic amines) is 1. The van der Waals surface area contributed by atoms with Crippen LogP contribution in [0.2, 0.25) is 0 Å². The summed E-state index contributed by atoms with van der Waals surface area (Å²) in [6.07, 6.45) is 4.41. The van der Waals surface area contributed by atoms with Crippen molar-refractivity contribution in [2.24, 2.45) is 0 Å². The molecule has 4 heteroatoms. The lowest BCUT2D eigenvalue weighted by atomic mass is 9.99. The van der Waals surface area contributed by atoms with E-state index in [1.165, 1.54) is 32.4 Å². The van der Waals surface area contributed by atoms with Crippen LogP contribution in [-0.4, -0.2) is 31.1 Å². The highest BCUT2D eigenvalue weighted by Crippen LogP contribution is 2.47. The highest BCUT2D eigenvalue weighted by molar-refractivity contribution is 5.30. The summed E-state index contributed by atoms with van der Waals surface area (Å²) in [7, 11) is 0. The van der Waals surface area contributed by atoms with Gasteiger partial charge in [-0.2, -0.15) is 0 Å². The average molecular weight is 444 g/mol. The van der Waals surface area contributed by atoms with Crippen molar-refractivity contribution in [2.75, 3.05) is 26.2 Å². The molecule has 0 N–H and O–H groups in total. The molecule has 0 radical (unpaired) electrons. The zero-order valence-electron chi connectivity index (χ0n) is 19.1. The van der Waals surface area contributed by atoms with E-state index in [2.05, 4.69) is 41.3 Å². The van der Waals surface area contributed by atoms with E-state index in [9.17, 15) is 0 Å². The van der Waals surface area contributed by atoms with Gasteiger partial charge >= 0.3 is 0 Å². The van der Waals surface area contributed by atoms with Crippen LogP contribution < -0.4 is 4.74 Å². The molecule has 2 atom stereocenters. The molecule has 2 aliphatic rings. The molecular formula is C29H33NO3. The van der Waals surface area contributed by atoms with Gasteiger partial charge in [-0.25, -0.2) is 0 Å². The molecule has 172 valence electrons. The van der Waals surface area contributed by atoms with Crippen LogP contribution in [0.5, 0.6) is 5.75 Å². The van der Waals surface area contributed by atoms with Crippen LogP contribution in [0.1, 0.15) is 60.9 Å². The summed E-state index contributed by atoms with van der Waals surface area (Å²) in [6.45, 7) is 4.36. The Kier molecular flexibility index (Phi) is 7.36. The van der Waals surface area contributed by atoms with Crippen molar-refractivity contribution in [3.63, 3.8) is 0 Å². The van der Waals surface area contributed by atoms with Crippen LogP contribution >= 0.6 is 0 Å². The predicted octanol–water partition coefficient (Wildman–Crippen LogP) is 6.47. The minimum absolute atomic E-state index is 0.149. The molecule has 5 rings (SSSR count). The van der Waals surface area contributed by atoms with Gasteiger partial charge in [-0.05, 0) is 55.6 Å². The molecule has 3 aromatic rings. The molecule has 2 saturated heterocycles. The molecule has 0 aliphatic carbocycles. The number of hydrogen-bond donors (Lipinski definition) is 0. The summed E-state index contributed by atoms with van der Waals surface area (Å²) >= 11 is 0. The molecule has 3 aromatic carbocycles. The molecule has 2 fully saturated rings. The van der Waals surface area contributed by atoms with Gasteiger partial charge in [0, 0.05) is 12.1 Å². The Morgan fingerprint density at radius 1 is 0.667 bits per heavy atom. The monoisotopic (exact) mass is 443 g/mol. The smallest absolute Gasteiger partial charge is 0.185 e. The highest BCUT2D eigenvalue weighted by Gasteiger charge is 2.38. The number of ether oxygens (including phenoxy) is 3. The van der Waals surface area contributed by atoms with E-state index >= 15 is 0 Å². The van der Waals surface area contributed by atoms with Gasteiger partial charge in [-0.15, -0.1) is 0 Å². The first-order chi connectivity index (χ1) is 16.4. The van der Waals surface area contributed by atoms with Crippen LogP contribution in [0.15, 0.2) is 84.9 Å². The topological polar surface area (TPSA) is 30.9 Å². The van der Waals surface area contributed by atoms with Gasteiger partial charge in [0.2, 0.25) is 0 Å². The lowest BCUT2D eigenvalue weighted by Gasteiger charge is -2.26. The minimum atomic E-state index is -0.409. The summed E-state index contributed by atoms with van der Waals surface area (Å²) in [5.41, 5.74) is 3.26. The lowest BCUT2D eigenvalue weighted by molar-refractivity contribution is -0.0698. The Hall–Kier alpha value is -2.66. The van der Waals surface area contributed by atoms with Crippen molar-refractivity contribution < 1.29 is 14.2 Å². The van der Waals surface area contributed by atoms with E-state index in [1.54, 1.807) is 0 Å². The Bertz CT molecular complexity index is 923. The van der Waals surface area contributed by atoms with E-state index in [0.29, 0.717) is 0 Å². The maximum absolute atomic E-state index is 6.44. The Balaban J connectivity index is 1.20. The Morgan fingerprint density at radius 2 is 1.24 bits per heavy atom. The van der Waals surface area contributed by atoms with Crippen LogP contribution in [0.25, 0.3) is 0 Å². The molecule has 2 aliphatic heterocycles. The van der Waals surface area contributed by atoms with Crippen LogP contribution in [0.3, 0.4) is 0 Å². The molecule has 2 heterocycles. The molecule has 0 spiro atoms. The molecule has 0 aromatic heterocycles. The first-order valence-electron chi connectivity index (χ1n) is 12.2. The molecular weight excluding hydrogens is 410 g/mol. The quantitative estimate of drug-likeness (QED) is 0.373. The fourth-order valence-electron chi connectivity index (χ4n) is 4.77. The Morgan fingerprint density at radius 3 is 1.82 bits per heavy atom. The van der Waals surface area contributed by atoms with Gasteiger partial charge in [-0.1, -0.05) is 79.2 Å². The van der Waals surface area contributed by atoms with Gasteiger partial charge in [0.1, 0.15) is 18.0 Å². The number of rotatable bonds is 8. The van der Waals surface area contributed by atoms with E-state index in [1.807, 2.05) is 48.5 Å². The summed E-state index contributed by atoms with van der Waals surface area (Å²) in [4.78, 5) is 2.55. The maximum atomic E-state index is 6.44. The second-order valence-corrected chi connectivity index (χ2v) is 8.94. The van der Waals surface area contributed by atoms with Crippen molar-refractivity contribution in [1.82, 2.24) is 4.90 Å². The standard InChI is InChI=1S/C29H33NO3/c1-4-11-23(12-5-1)27-28(24-13-6-2-7-14-24)33-29(32-27)25-15-17-26(18-16-25)31-22-10-21-30-19-8-3-9-20-30/h1-2,4-7,11-18,27-29H,3,8-10,19-22H2. The first kappa shape index (κ1) is 22.1. The van der Waals surface area contributed by atoms with E-state index in [4.69, 9.17) is 14.2 Å². The predicted molar refractivity (Wildman–Crippen MR) is 130 cm³/mol. The molecule has 0 saturated carbocycles. The third-order valence-electron chi connectivity index (χ3n) is 6.56. The lowest BCUT2D eigenvalue weighted by Crippen LogP contribution is -2.31. The van der Waals surface area contributed by atoms with Gasteiger partial charge in [-0.3, -0.25) is 0 Å². The van der Waals surface area contributed by atoms with Gasteiger partial charge in [0.25, 0.3) is 0 Å². The van der Waals surface area contributed by atoms with Gasteiger partial charge in [0.15, 0.2) is 6.29 Å². The van der Waals surface area contributed by atoms with E-state index in [0.717, 1.165) is 42.0 Å². The number of hydrogen-bond acceptors (Lipinski definition) is 4. The normalized spacial score (nSPS) is 23.5. The highest BCUT2D eigenvalue weighted by atomic mass is 16.7. The van der Waals surface area contributed by atoms with Crippen molar-refractivity contribution in [3.05, 3.63) is 102 Å². The number of piperidine rings is 1.